The molecule has 0 saturated heterocycles. The Bertz CT molecular complexity index is 508. The van der Waals surface area contributed by atoms with Crippen molar-refractivity contribution in [2.24, 2.45) is 5.84 Å². The quantitative estimate of drug-likeness (QED) is 0.626. The highest BCUT2D eigenvalue weighted by Gasteiger charge is 2.13. The van der Waals surface area contributed by atoms with Gasteiger partial charge in [-0.25, -0.2) is 0 Å². The molecule has 1 aromatic carbocycles. The molecule has 0 aliphatic heterocycles. The number of fused-ring (bicyclic) bond motifs is 1. The van der Waals surface area contributed by atoms with Crippen molar-refractivity contribution in [1.29, 1.82) is 0 Å². The Morgan fingerprint density at radius 1 is 1.28 bits per heavy atom. The van der Waals surface area contributed by atoms with Crippen molar-refractivity contribution < 1.29 is 4.74 Å². The van der Waals surface area contributed by atoms with Gasteiger partial charge in [-0.1, -0.05) is 18.2 Å². The second kappa shape index (κ2) is 5.91. The Kier molecular flexibility index (Phi) is 4.25. The zero-order chi connectivity index (χ0) is 13.0. The SMILES string of the molecule is CC(C)OCC(NN)c1ccnc2ccccc12. The van der Waals surface area contributed by atoms with Gasteiger partial charge in [-0.3, -0.25) is 16.3 Å². The molecule has 0 radical (unpaired) electrons. The number of benzene rings is 1. The minimum absolute atomic E-state index is 0.0275. The van der Waals surface area contributed by atoms with Crippen LogP contribution in [0.3, 0.4) is 0 Å². The zero-order valence-electron chi connectivity index (χ0n) is 10.8. The molecule has 4 nitrogen and oxygen atoms in total. The lowest BCUT2D eigenvalue weighted by Gasteiger charge is -2.19. The number of ether oxygens (including phenoxy) is 1. The number of hydrogen-bond donors (Lipinski definition) is 2. The van der Waals surface area contributed by atoms with E-state index in [2.05, 4.69) is 16.5 Å². The van der Waals surface area contributed by atoms with Crippen LogP contribution in [0.25, 0.3) is 10.9 Å². The highest BCUT2D eigenvalue weighted by Crippen LogP contribution is 2.22. The Labute approximate surface area is 107 Å². The normalized spacial score (nSPS) is 13.1. The molecule has 0 fully saturated rings. The molecule has 1 unspecified atom stereocenters. The Hall–Kier alpha value is -1.49. The molecule has 3 N–H and O–H groups in total. The minimum Gasteiger partial charge on any atom is -0.377 e. The predicted octanol–water partition coefficient (Wildman–Crippen LogP) is 2.16. The molecule has 0 saturated carbocycles. The van der Waals surface area contributed by atoms with Crippen molar-refractivity contribution in [3.8, 4) is 0 Å². The molecule has 1 atom stereocenters. The molecule has 96 valence electrons. The van der Waals surface area contributed by atoms with Crippen molar-refractivity contribution in [2.75, 3.05) is 6.61 Å². The first-order chi connectivity index (χ1) is 8.72. The van der Waals surface area contributed by atoms with Gasteiger partial charge in [0.2, 0.25) is 0 Å². The molecule has 0 amide bonds. The predicted molar refractivity (Wildman–Crippen MR) is 72.9 cm³/mol. The fraction of sp³-hybridized carbons (Fsp3) is 0.357. The molecule has 1 aromatic heterocycles. The van der Waals surface area contributed by atoms with E-state index in [4.69, 9.17) is 10.6 Å². The van der Waals surface area contributed by atoms with E-state index in [-0.39, 0.29) is 12.1 Å². The maximum absolute atomic E-state index is 5.64. The molecule has 0 aliphatic rings. The standard InChI is InChI=1S/C14H19N3O/c1-10(2)18-9-14(17-15)12-7-8-16-13-6-4-3-5-11(12)13/h3-8,10,14,17H,9,15H2,1-2H3. The van der Waals surface area contributed by atoms with E-state index in [1.165, 1.54) is 0 Å². The molecule has 0 aliphatic carbocycles. The largest absolute Gasteiger partial charge is 0.377 e. The summed E-state index contributed by atoms with van der Waals surface area (Å²) in [5.41, 5.74) is 4.90. The Balaban J connectivity index is 2.32. The number of hydrazine groups is 1. The molecule has 0 spiro atoms. The molecule has 0 bridgehead atoms. The van der Waals surface area contributed by atoms with Gasteiger partial charge < -0.3 is 4.74 Å². The number of aromatic nitrogens is 1. The maximum Gasteiger partial charge on any atom is 0.0705 e. The van der Waals surface area contributed by atoms with E-state index in [9.17, 15) is 0 Å². The second-order valence-corrected chi connectivity index (χ2v) is 4.52. The number of nitrogens with zero attached hydrogens (tertiary/aromatic N) is 1. The summed E-state index contributed by atoms with van der Waals surface area (Å²) >= 11 is 0. The van der Waals surface area contributed by atoms with Crippen molar-refractivity contribution in [2.45, 2.75) is 26.0 Å². The van der Waals surface area contributed by atoms with Gasteiger partial charge in [0.05, 0.1) is 24.3 Å². The van der Waals surface area contributed by atoms with Crippen LogP contribution in [-0.4, -0.2) is 17.7 Å². The van der Waals surface area contributed by atoms with Gasteiger partial charge in [0, 0.05) is 11.6 Å². The summed E-state index contributed by atoms with van der Waals surface area (Å²) < 4.78 is 5.64. The van der Waals surface area contributed by atoms with Gasteiger partial charge in [-0.2, -0.15) is 0 Å². The fourth-order valence-electron chi connectivity index (χ4n) is 1.94. The van der Waals surface area contributed by atoms with Crippen LogP contribution < -0.4 is 11.3 Å². The summed E-state index contributed by atoms with van der Waals surface area (Å²) in [6, 6.07) is 9.99. The summed E-state index contributed by atoms with van der Waals surface area (Å²) in [5.74, 6) is 5.63. The first-order valence-electron chi connectivity index (χ1n) is 6.13. The van der Waals surface area contributed by atoms with E-state index >= 15 is 0 Å². The molecule has 2 rings (SSSR count). The lowest BCUT2D eigenvalue weighted by molar-refractivity contribution is 0.0614. The first kappa shape index (κ1) is 13.0. The van der Waals surface area contributed by atoms with E-state index in [0.29, 0.717) is 6.61 Å². The monoisotopic (exact) mass is 245 g/mol. The average Bonchev–Trinajstić information content (AvgIpc) is 2.39. The van der Waals surface area contributed by atoms with Crippen LogP contribution in [0, 0.1) is 0 Å². The lowest BCUT2D eigenvalue weighted by Crippen LogP contribution is -2.32. The zero-order valence-corrected chi connectivity index (χ0v) is 10.8. The number of rotatable bonds is 5. The van der Waals surface area contributed by atoms with Crippen LogP contribution >= 0.6 is 0 Å². The number of para-hydroxylation sites is 1. The highest BCUT2D eigenvalue weighted by molar-refractivity contribution is 5.82. The van der Waals surface area contributed by atoms with Crippen LogP contribution in [-0.2, 0) is 4.74 Å². The number of pyridine rings is 1. The van der Waals surface area contributed by atoms with Gasteiger partial charge in [-0.15, -0.1) is 0 Å². The van der Waals surface area contributed by atoms with Crippen molar-refractivity contribution in [1.82, 2.24) is 10.4 Å². The second-order valence-electron chi connectivity index (χ2n) is 4.52. The number of nitrogens with two attached hydrogens (primary N) is 1. The number of nitrogens with one attached hydrogen (secondary N) is 1. The fourth-order valence-corrected chi connectivity index (χ4v) is 1.94. The van der Waals surface area contributed by atoms with Crippen molar-refractivity contribution in [3.63, 3.8) is 0 Å². The third kappa shape index (κ3) is 2.85. The van der Waals surface area contributed by atoms with E-state index in [0.717, 1.165) is 16.5 Å². The molecule has 2 aromatic rings. The van der Waals surface area contributed by atoms with E-state index in [1.54, 1.807) is 6.20 Å². The first-order valence-corrected chi connectivity index (χ1v) is 6.13. The molecular formula is C14H19N3O. The minimum atomic E-state index is -0.0275. The molecule has 18 heavy (non-hydrogen) atoms. The molecule has 1 heterocycles. The summed E-state index contributed by atoms with van der Waals surface area (Å²) in [4.78, 5) is 4.34. The number of hydrogen-bond acceptors (Lipinski definition) is 4. The van der Waals surface area contributed by atoms with Crippen molar-refractivity contribution in [3.05, 3.63) is 42.1 Å². The summed E-state index contributed by atoms with van der Waals surface area (Å²) in [6.45, 7) is 4.57. The van der Waals surface area contributed by atoms with Crippen LogP contribution in [0.15, 0.2) is 36.5 Å². The lowest BCUT2D eigenvalue weighted by atomic mass is 10.0. The Morgan fingerprint density at radius 2 is 2.06 bits per heavy atom. The van der Waals surface area contributed by atoms with Crippen LogP contribution in [0.4, 0.5) is 0 Å². The van der Waals surface area contributed by atoms with Crippen molar-refractivity contribution >= 4 is 10.9 Å². The highest BCUT2D eigenvalue weighted by atomic mass is 16.5. The van der Waals surface area contributed by atoms with Gasteiger partial charge >= 0.3 is 0 Å². The average molecular weight is 245 g/mol. The van der Waals surface area contributed by atoms with Crippen LogP contribution in [0.2, 0.25) is 0 Å². The van der Waals surface area contributed by atoms with E-state index in [1.807, 2.05) is 38.1 Å². The summed E-state index contributed by atoms with van der Waals surface area (Å²) in [7, 11) is 0. The summed E-state index contributed by atoms with van der Waals surface area (Å²) in [6.07, 6.45) is 1.99. The third-order valence-corrected chi connectivity index (χ3v) is 2.86. The molecule has 4 heteroatoms. The molecular weight excluding hydrogens is 226 g/mol. The Morgan fingerprint density at radius 3 is 2.78 bits per heavy atom. The van der Waals surface area contributed by atoms with Crippen LogP contribution in [0.1, 0.15) is 25.5 Å². The topological polar surface area (TPSA) is 60.2 Å². The van der Waals surface area contributed by atoms with Gasteiger partial charge in [0.15, 0.2) is 0 Å². The van der Waals surface area contributed by atoms with E-state index < -0.39 is 0 Å². The van der Waals surface area contributed by atoms with Crippen LogP contribution in [0.5, 0.6) is 0 Å². The van der Waals surface area contributed by atoms with Gasteiger partial charge in [-0.05, 0) is 31.5 Å². The maximum atomic E-state index is 5.64. The summed E-state index contributed by atoms with van der Waals surface area (Å²) in [5, 5.41) is 1.11. The van der Waals surface area contributed by atoms with Gasteiger partial charge in [0.1, 0.15) is 0 Å². The van der Waals surface area contributed by atoms with Gasteiger partial charge in [0.25, 0.3) is 0 Å². The third-order valence-electron chi connectivity index (χ3n) is 2.86. The smallest absolute Gasteiger partial charge is 0.0705 e.